The summed E-state index contributed by atoms with van der Waals surface area (Å²) in [5.74, 6) is -2.05. The van der Waals surface area contributed by atoms with Crippen molar-refractivity contribution in [3.05, 3.63) is 29.8 Å². The molecule has 6 heteroatoms. The quantitative estimate of drug-likeness (QED) is 0.758. The smallest absolute Gasteiger partial charge is 0.305 e. The number of aromatic nitrogens is 1. The maximum absolute atomic E-state index is 12.4. The minimum absolute atomic E-state index is 0.0211. The third-order valence-electron chi connectivity index (χ3n) is 1.58. The molecule has 0 atom stereocenters. The lowest BCUT2D eigenvalue weighted by atomic mass is 10.3. The Morgan fingerprint density at radius 3 is 2.73 bits per heavy atom. The van der Waals surface area contributed by atoms with Crippen molar-refractivity contribution in [2.24, 2.45) is 0 Å². The Bertz CT molecular complexity index is 364. The van der Waals surface area contributed by atoms with Gasteiger partial charge in [-0.2, -0.15) is 0 Å². The van der Waals surface area contributed by atoms with Crippen molar-refractivity contribution in [3.63, 3.8) is 0 Å². The molecule has 2 N–H and O–H groups in total. The number of carboxylic acid groups (broad SMARTS) is 1. The maximum Gasteiger partial charge on any atom is 0.305 e. The van der Waals surface area contributed by atoms with Crippen molar-refractivity contribution in [3.8, 4) is 0 Å². The van der Waals surface area contributed by atoms with Crippen LogP contribution in [0.2, 0.25) is 0 Å². The molecule has 0 aromatic carbocycles. The highest BCUT2D eigenvalue weighted by molar-refractivity contribution is 5.92. The number of halogens is 1. The summed E-state index contributed by atoms with van der Waals surface area (Å²) in [6.07, 6.45) is 0.763. The minimum atomic E-state index is -0.998. The normalized spacial score (nSPS) is 9.67. The van der Waals surface area contributed by atoms with Gasteiger partial charge in [0.2, 0.25) is 0 Å². The molecule has 1 rings (SSSR count). The number of nitrogens with zero attached hydrogens (tertiary/aromatic N) is 1. The molecule has 0 saturated heterocycles. The summed E-state index contributed by atoms with van der Waals surface area (Å²) in [5, 5.41) is 10.7. The summed E-state index contributed by atoms with van der Waals surface area (Å²) in [5.41, 5.74) is 0.0572. The highest BCUT2D eigenvalue weighted by Crippen LogP contribution is 1.97. The van der Waals surface area contributed by atoms with E-state index in [-0.39, 0.29) is 18.7 Å². The predicted molar refractivity (Wildman–Crippen MR) is 48.8 cm³/mol. The van der Waals surface area contributed by atoms with Gasteiger partial charge in [-0.3, -0.25) is 9.59 Å². The molecule has 5 nitrogen and oxygen atoms in total. The van der Waals surface area contributed by atoms with E-state index in [1.165, 1.54) is 6.07 Å². The van der Waals surface area contributed by atoms with Crippen LogP contribution in [0.3, 0.4) is 0 Å². The molecule has 0 aliphatic rings. The van der Waals surface area contributed by atoms with Gasteiger partial charge in [0, 0.05) is 6.54 Å². The molecule has 1 aromatic rings. The molecule has 0 bridgehead atoms. The highest BCUT2D eigenvalue weighted by Gasteiger charge is 2.06. The topological polar surface area (TPSA) is 79.3 Å². The molecule has 1 heterocycles. The van der Waals surface area contributed by atoms with Gasteiger partial charge in [0.05, 0.1) is 12.6 Å². The Hall–Kier alpha value is -1.98. The van der Waals surface area contributed by atoms with Gasteiger partial charge in [0.1, 0.15) is 11.5 Å². The van der Waals surface area contributed by atoms with Gasteiger partial charge < -0.3 is 10.4 Å². The lowest BCUT2D eigenvalue weighted by molar-refractivity contribution is -0.136. The molecular formula is C9H9FN2O3. The lowest BCUT2D eigenvalue weighted by Gasteiger charge is -2.01. The number of nitrogens with one attached hydrogen (secondary N) is 1. The van der Waals surface area contributed by atoms with Gasteiger partial charge in [0.25, 0.3) is 5.91 Å². The first-order chi connectivity index (χ1) is 7.09. The van der Waals surface area contributed by atoms with Gasteiger partial charge >= 0.3 is 5.97 Å². The van der Waals surface area contributed by atoms with Crippen molar-refractivity contribution in [1.29, 1.82) is 0 Å². The third kappa shape index (κ3) is 3.72. The van der Waals surface area contributed by atoms with E-state index in [4.69, 9.17) is 5.11 Å². The van der Waals surface area contributed by atoms with Crippen LogP contribution in [0.15, 0.2) is 18.3 Å². The lowest BCUT2D eigenvalue weighted by Crippen LogP contribution is -2.26. The highest BCUT2D eigenvalue weighted by atomic mass is 19.1. The summed E-state index contributed by atoms with van der Waals surface area (Å²) < 4.78 is 12.4. The van der Waals surface area contributed by atoms with Crippen LogP contribution in [0.1, 0.15) is 16.9 Å². The second-order valence-electron chi connectivity index (χ2n) is 2.76. The van der Waals surface area contributed by atoms with Gasteiger partial charge in [-0.25, -0.2) is 9.37 Å². The SMILES string of the molecule is O=C(O)CCNC(=O)c1ccc(F)cn1. The van der Waals surface area contributed by atoms with E-state index < -0.39 is 17.7 Å². The fourth-order valence-electron chi connectivity index (χ4n) is 0.884. The largest absolute Gasteiger partial charge is 0.481 e. The predicted octanol–water partition coefficient (Wildman–Crippen LogP) is 0.425. The van der Waals surface area contributed by atoms with E-state index >= 15 is 0 Å². The molecule has 0 spiro atoms. The zero-order chi connectivity index (χ0) is 11.3. The number of rotatable bonds is 4. The van der Waals surface area contributed by atoms with Gasteiger partial charge in [-0.1, -0.05) is 0 Å². The molecule has 0 radical (unpaired) electrons. The number of hydrogen-bond donors (Lipinski definition) is 2. The molecule has 80 valence electrons. The zero-order valence-electron chi connectivity index (χ0n) is 7.74. The summed E-state index contributed by atoms with van der Waals surface area (Å²) >= 11 is 0. The first kappa shape index (κ1) is 11.1. The number of carboxylic acids is 1. The van der Waals surface area contributed by atoms with E-state index in [0.717, 1.165) is 12.3 Å². The average Bonchev–Trinajstić information content (AvgIpc) is 2.18. The average molecular weight is 212 g/mol. The van der Waals surface area contributed by atoms with Crippen molar-refractivity contribution >= 4 is 11.9 Å². The summed E-state index contributed by atoms with van der Waals surface area (Å²) in [4.78, 5) is 24.9. The molecule has 1 amide bonds. The van der Waals surface area contributed by atoms with Crippen molar-refractivity contribution in [2.45, 2.75) is 6.42 Å². The van der Waals surface area contributed by atoms with Crippen LogP contribution in [-0.2, 0) is 4.79 Å². The Labute approximate surface area is 84.9 Å². The zero-order valence-corrected chi connectivity index (χ0v) is 7.74. The molecule has 0 fully saturated rings. The number of amides is 1. The summed E-state index contributed by atoms with van der Waals surface area (Å²) in [6, 6.07) is 2.34. The fourth-order valence-corrected chi connectivity index (χ4v) is 0.884. The Kier molecular flexibility index (Phi) is 3.73. The number of pyridine rings is 1. The molecular weight excluding hydrogens is 203 g/mol. The standard InChI is InChI=1S/C9H9FN2O3/c10-6-1-2-7(12-5-6)9(15)11-4-3-8(13)14/h1-2,5H,3-4H2,(H,11,15)(H,13,14). The van der Waals surface area contributed by atoms with Crippen LogP contribution in [0, 0.1) is 5.82 Å². The van der Waals surface area contributed by atoms with Crippen LogP contribution >= 0.6 is 0 Å². The fraction of sp³-hybridized carbons (Fsp3) is 0.222. The van der Waals surface area contributed by atoms with Gasteiger partial charge in [-0.05, 0) is 12.1 Å². The summed E-state index contributed by atoms with van der Waals surface area (Å²) in [6.45, 7) is 0.0211. The van der Waals surface area contributed by atoms with E-state index in [2.05, 4.69) is 10.3 Å². The molecule has 0 aliphatic heterocycles. The van der Waals surface area contributed by atoms with Crippen molar-refractivity contribution < 1.29 is 19.1 Å². The number of carbonyl (C=O) groups is 2. The van der Waals surface area contributed by atoms with E-state index in [9.17, 15) is 14.0 Å². The van der Waals surface area contributed by atoms with Crippen LogP contribution in [0.4, 0.5) is 4.39 Å². The van der Waals surface area contributed by atoms with E-state index in [1.807, 2.05) is 0 Å². The number of aliphatic carboxylic acids is 1. The molecule has 0 saturated carbocycles. The minimum Gasteiger partial charge on any atom is -0.481 e. The van der Waals surface area contributed by atoms with Gasteiger partial charge in [0.15, 0.2) is 0 Å². The monoisotopic (exact) mass is 212 g/mol. The van der Waals surface area contributed by atoms with Crippen LogP contribution in [-0.4, -0.2) is 28.5 Å². The van der Waals surface area contributed by atoms with E-state index in [0.29, 0.717) is 0 Å². The van der Waals surface area contributed by atoms with Crippen molar-refractivity contribution in [1.82, 2.24) is 10.3 Å². The Morgan fingerprint density at radius 2 is 2.20 bits per heavy atom. The van der Waals surface area contributed by atoms with Gasteiger partial charge in [-0.15, -0.1) is 0 Å². The number of hydrogen-bond acceptors (Lipinski definition) is 3. The summed E-state index contributed by atoms with van der Waals surface area (Å²) in [7, 11) is 0. The van der Waals surface area contributed by atoms with Crippen molar-refractivity contribution in [2.75, 3.05) is 6.54 Å². The molecule has 0 aliphatic carbocycles. The first-order valence-electron chi connectivity index (χ1n) is 4.21. The maximum atomic E-state index is 12.4. The second kappa shape index (κ2) is 5.04. The number of carbonyl (C=O) groups excluding carboxylic acids is 1. The first-order valence-corrected chi connectivity index (χ1v) is 4.21. The second-order valence-corrected chi connectivity index (χ2v) is 2.76. The van der Waals surface area contributed by atoms with Crippen LogP contribution in [0.5, 0.6) is 0 Å². The molecule has 0 unspecified atom stereocenters. The molecule has 15 heavy (non-hydrogen) atoms. The van der Waals surface area contributed by atoms with Crippen LogP contribution < -0.4 is 5.32 Å². The van der Waals surface area contributed by atoms with E-state index in [1.54, 1.807) is 0 Å². The van der Waals surface area contributed by atoms with Crippen LogP contribution in [0.25, 0.3) is 0 Å². The molecule has 1 aromatic heterocycles. The third-order valence-corrected chi connectivity index (χ3v) is 1.58. The Balaban J connectivity index is 2.47. The Morgan fingerprint density at radius 1 is 1.47 bits per heavy atom.